The van der Waals surface area contributed by atoms with E-state index in [4.69, 9.17) is 4.98 Å². The van der Waals surface area contributed by atoms with Crippen LogP contribution in [-0.2, 0) is 19.6 Å². The van der Waals surface area contributed by atoms with E-state index in [1.165, 1.54) is 11.0 Å². The third-order valence-corrected chi connectivity index (χ3v) is 8.92. The average Bonchev–Trinajstić information content (AvgIpc) is 3.52. The highest BCUT2D eigenvalue weighted by Gasteiger charge is 2.30. The van der Waals surface area contributed by atoms with Gasteiger partial charge in [0.15, 0.2) is 11.2 Å². The van der Waals surface area contributed by atoms with Crippen molar-refractivity contribution < 1.29 is 0 Å². The van der Waals surface area contributed by atoms with E-state index >= 15 is 0 Å². The second kappa shape index (κ2) is 11.4. The van der Waals surface area contributed by atoms with Gasteiger partial charge in [-0.3, -0.25) is 13.9 Å². The zero-order valence-electron chi connectivity index (χ0n) is 24.9. The minimum atomic E-state index is -0.221. The molecule has 2 aliphatic carbocycles. The molecule has 43 heavy (non-hydrogen) atoms. The summed E-state index contributed by atoms with van der Waals surface area (Å²) in [7, 11) is 0. The molecule has 10 heteroatoms. The van der Waals surface area contributed by atoms with Crippen LogP contribution in [0.4, 0.5) is 0 Å². The molecule has 0 bridgehead atoms. The lowest BCUT2D eigenvalue weighted by Gasteiger charge is -2.22. The normalized spacial score (nSPS) is 16.0. The number of hydrogen-bond acceptors (Lipinski definition) is 6. The van der Waals surface area contributed by atoms with Crippen LogP contribution < -0.4 is 11.2 Å². The maximum Gasteiger partial charge on any atom is 0.332 e. The van der Waals surface area contributed by atoms with Crippen LogP contribution in [0.25, 0.3) is 33.7 Å². The van der Waals surface area contributed by atoms with Crippen molar-refractivity contribution >= 4 is 11.2 Å². The Bertz CT molecular complexity index is 1850. The number of rotatable bonds is 9. The number of aromatic nitrogens is 8. The molecule has 0 aliphatic heterocycles. The van der Waals surface area contributed by atoms with Crippen LogP contribution >= 0.6 is 0 Å². The van der Waals surface area contributed by atoms with Crippen molar-refractivity contribution in [3.8, 4) is 22.5 Å². The van der Waals surface area contributed by atoms with E-state index in [-0.39, 0.29) is 23.1 Å². The molecular weight excluding hydrogens is 540 g/mol. The van der Waals surface area contributed by atoms with Crippen LogP contribution in [0.3, 0.4) is 0 Å². The molecule has 2 aliphatic rings. The van der Waals surface area contributed by atoms with Gasteiger partial charge in [-0.25, -0.2) is 9.78 Å². The van der Waals surface area contributed by atoms with Gasteiger partial charge in [0.25, 0.3) is 5.56 Å². The number of fused-ring (bicyclic) bond motifs is 1. The molecule has 3 heterocycles. The summed E-state index contributed by atoms with van der Waals surface area (Å²) >= 11 is 0. The predicted octanol–water partition coefficient (Wildman–Crippen LogP) is 5.37. The summed E-state index contributed by atoms with van der Waals surface area (Å²) in [5, 5.41) is 14.6. The molecule has 2 saturated carbocycles. The van der Waals surface area contributed by atoms with Gasteiger partial charge < -0.3 is 4.57 Å². The van der Waals surface area contributed by atoms with E-state index in [1.54, 1.807) is 4.57 Å². The van der Waals surface area contributed by atoms with Gasteiger partial charge in [-0.1, -0.05) is 81.6 Å². The quantitative estimate of drug-likeness (QED) is 0.251. The summed E-state index contributed by atoms with van der Waals surface area (Å²) in [6.07, 6.45) is 7.91. The van der Waals surface area contributed by atoms with E-state index in [0.717, 1.165) is 66.6 Å². The van der Waals surface area contributed by atoms with Crippen molar-refractivity contribution in [3.05, 3.63) is 80.8 Å². The average molecular weight is 579 g/mol. The van der Waals surface area contributed by atoms with E-state index in [1.807, 2.05) is 32.0 Å². The van der Waals surface area contributed by atoms with Crippen LogP contribution in [0.1, 0.15) is 76.1 Å². The minimum Gasteiger partial charge on any atom is -0.317 e. The lowest BCUT2D eigenvalue weighted by Crippen LogP contribution is -2.42. The van der Waals surface area contributed by atoms with E-state index in [0.29, 0.717) is 42.5 Å². The number of H-pyrrole nitrogens is 1. The maximum atomic E-state index is 14.1. The van der Waals surface area contributed by atoms with E-state index in [9.17, 15) is 9.59 Å². The van der Waals surface area contributed by atoms with Crippen LogP contribution in [0, 0.1) is 11.8 Å². The SMILES string of the molecule is CC(C)Cn1c(=O)c2c(nc(C3CCCCC3)n2Cc2ccc(-c3ccccc3-c3nn[nH]n3)cc2)n(CC2CC2)c1=O. The first kappa shape index (κ1) is 27.5. The fourth-order valence-electron chi connectivity index (χ4n) is 6.57. The summed E-state index contributed by atoms with van der Waals surface area (Å²) in [6.45, 7) is 5.64. The Morgan fingerprint density at radius 1 is 0.884 bits per heavy atom. The fourth-order valence-corrected chi connectivity index (χ4v) is 6.57. The first-order valence-electron chi connectivity index (χ1n) is 15.6. The van der Waals surface area contributed by atoms with Gasteiger partial charge in [0.2, 0.25) is 5.82 Å². The highest BCUT2D eigenvalue weighted by molar-refractivity contribution is 5.80. The number of aromatic amines is 1. The highest BCUT2D eigenvalue weighted by Crippen LogP contribution is 2.35. The molecule has 0 radical (unpaired) electrons. The van der Waals surface area contributed by atoms with Gasteiger partial charge in [0.1, 0.15) is 5.82 Å². The topological polar surface area (TPSA) is 116 Å². The molecule has 2 aromatic carbocycles. The van der Waals surface area contributed by atoms with Gasteiger partial charge in [0, 0.05) is 31.1 Å². The highest BCUT2D eigenvalue weighted by atomic mass is 16.2. The smallest absolute Gasteiger partial charge is 0.317 e. The monoisotopic (exact) mass is 578 g/mol. The summed E-state index contributed by atoms with van der Waals surface area (Å²) in [5.74, 6) is 2.44. The first-order chi connectivity index (χ1) is 21.0. The number of nitrogens with one attached hydrogen (secondary N) is 1. The molecule has 0 saturated heterocycles. The molecular formula is C33H38N8O2. The number of tetrazole rings is 1. The van der Waals surface area contributed by atoms with Gasteiger partial charge in [-0.2, -0.15) is 5.21 Å². The standard InChI is InChI=1S/C33H38N8O2/c1-21(2)18-41-32(42)28-31(40(33(41)43)20-22-12-13-22)34-30(25-8-4-3-5-9-25)39(28)19-23-14-16-24(17-15-23)26-10-6-7-11-27(26)29-35-37-38-36-29/h6-7,10-11,14-17,21-22,25H,3-5,8-9,12-13,18-20H2,1-2H3,(H,35,36,37,38). The third-order valence-electron chi connectivity index (χ3n) is 8.92. The Morgan fingerprint density at radius 2 is 1.63 bits per heavy atom. The molecule has 0 spiro atoms. The Morgan fingerprint density at radius 3 is 2.30 bits per heavy atom. The van der Waals surface area contributed by atoms with Crippen LogP contribution in [-0.4, -0.2) is 39.3 Å². The summed E-state index contributed by atoms with van der Waals surface area (Å²) < 4.78 is 5.39. The lowest BCUT2D eigenvalue weighted by atomic mass is 9.88. The second-order valence-electron chi connectivity index (χ2n) is 12.7. The molecule has 0 atom stereocenters. The van der Waals surface area contributed by atoms with Gasteiger partial charge in [0.05, 0.1) is 0 Å². The van der Waals surface area contributed by atoms with Crippen LogP contribution in [0.15, 0.2) is 58.1 Å². The Balaban J connectivity index is 1.33. The van der Waals surface area contributed by atoms with Crippen molar-refractivity contribution in [1.29, 1.82) is 0 Å². The molecule has 10 nitrogen and oxygen atoms in total. The molecule has 0 unspecified atom stereocenters. The van der Waals surface area contributed by atoms with Gasteiger partial charge in [-0.05, 0) is 59.4 Å². The van der Waals surface area contributed by atoms with Crippen molar-refractivity contribution in [1.82, 2.24) is 39.3 Å². The Labute approximate surface area is 249 Å². The molecule has 222 valence electrons. The molecule has 0 amide bonds. The Hall–Kier alpha value is -4.34. The fraction of sp³-hybridized carbons (Fsp3) is 0.455. The van der Waals surface area contributed by atoms with Crippen molar-refractivity contribution in [2.45, 2.75) is 84.3 Å². The summed E-state index contributed by atoms with van der Waals surface area (Å²) in [4.78, 5) is 33.0. The molecule has 3 aromatic heterocycles. The predicted molar refractivity (Wildman–Crippen MR) is 166 cm³/mol. The number of benzene rings is 2. The first-order valence-corrected chi connectivity index (χ1v) is 15.6. The van der Waals surface area contributed by atoms with Gasteiger partial charge in [-0.15, -0.1) is 10.2 Å². The van der Waals surface area contributed by atoms with Crippen molar-refractivity contribution in [3.63, 3.8) is 0 Å². The summed E-state index contributed by atoms with van der Waals surface area (Å²) in [6, 6.07) is 16.5. The largest absolute Gasteiger partial charge is 0.332 e. The van der Waals surface area contributed by atoms with E-state index < -0.39 is 0 Å². The van der Waals surface area contributed by atoms with Crippen LogP contribution in [0.5, 0.6) is 0 Å². The molecule has 1 N–H and O–H groups in total. The summed E-state index contributed by atoms with van der Waals surface area (Å²) in [5.41, 5.74) is 4.73. The zero-order chi connectivity index (χ0) is 29.5. The zero-order valence-corrected chi connectivity index (χ0v) is 24.9. The van der Waals surface area contributed by atoms with Gasteiger partial charge >= 0.3 is 5.69 Å². The Kier molecular flexibility index (Phi) is 7.28. The minimum absolute atomic E-state index is 0.175. The number of hydrogen-bond donors (Lipinski definition) is 1. The van der Waals surface area contributed by atoms with Crippen molar-refractivity contribution in [2.24, 2.45) is 11.8 Å². The molecule has 2 fully saturated rings. The number of nitrogens with zero attached hydrogens (tertiary/aromatic N) is 7. The van der Waals surface area contributed by atoms with Crippen molar-refractivity contribution in [2.75, 3.05) is 0 Å². The second-order valence-corrected chi connectivity index (χ2v) is 12.7. The number of imidazole rings is 1. The maximum absolute atomic E-state index is 14.1. The molecule has 5 aromatic rings. The molecule has 7 rings (SSSR count). The lowest BCUT2D eigenvalue weighted by molar-refractivity contribution is 0.419. The third kappa shape index (κ3) is 5.34. The van der Waals surface area contributed by atoms with Crippen LogP contribution in [0.2, 0.25) is 0 Å². The van der Waals surface area contributed by atoms with E-state index in [2.05, 4.69) is 55.5 Å².